The van der Waals surface area contributed by atoms with Crippen LogP contribution in [-0.2, 0) is 22.5 Å². The number of nitrogens with zero attached hydrogens (tertiary/aromatic N) is 3. The highest BCUT2D eigenvalue weighted by atomic mass is 32.1. The number of ether oxygens (including phenoxy) is 1. The lowest BCUT2D eigenvalue weighted by molar-refractivity contribution is -0.136. The topological polar surface area (TPSA) is 111 Å². The number of amides is 3. The number of hydrogen-bond donors (Lipinski definition) is 1. The number of rotatable bonds is 3. The smallest absolute Gasteiger partial charge is 0.349 e. The van der Waals surface area contributed by atoms with Gasteiger partial charge in [0, 0.05) is 26.1 Å². The molecular weight excluding hydrogens is 396 g/mol. The molecule has 29 heavy (non-hydrogen) atoms. The third-order valence-electron chi connectivity index (χ3n) is 5.35. The van der Waals surface area contributed by atoms with Gasteiger partial charge < -0.3 is 10.1 Å². The molecule has 0 aromatic carbocycles. The van der Waals surface area contributed by atoms with Crippen molar-refractivity contribution in [2.45, 2.75) is 52.2 Å². The minimum absolute atomic E-state index is 0.127. The first-order valence-corrected chi connectivity index (χ1v) is 10.5. The van der Waals surface area contributed by atoms with Crippen molar-refractivity contribution >= 4 is 39.5 Å². The molecule has 2 aliphatic heterocycles. The van der Waals surface area contributed by atoms with Gasteiger partial charge in [-0.1, -0.05) is 6.42 Å². The van der Waals surface area contributed by atoms with Crippen LogP contribution in [-0.4, -0.2) is 51.6 Å². The fourth-order valence-corrected chi connectivity index (χ4v) is 4.84. The monoisotopic (exact) mass is 418 g/mol. The molecule has 0 spiro atoms. The van der Waals surface area contributed by atoms with E-state index < -0.39 is 24.0 Å². The average Bonchev–Trinajstić information content (AvgIpc) is 3.16. The molecule has 9 nitrogen and oxygen atoms in total. The van der Waals surface area contributed by atoms with Gasteiger partial charge in [-0.3, -0.25) is 19.1 Å². The Hall–Kier alpha value is -2.75. The fraction of sp³-hybridized carbons (Fsp3) is 0.526. The second kappa shape index (κ2) is 7.58. The van der Waals surface area contributed by atoms with E-state index in [0.717, 1.165) is 47.7 Å². The van der Waals surface area contributed by atoms with Crippen molar-refractivity contribution in [3.63, 3.8) is 0 Å². The maximum absolute atomic E-state index is 13.0. The van der Waals surface area contributed by atoms with E-state index in [9.17, 15) is 19.2 Å². The van der Waals surface area contributed by atoms with Gasteiger partial charge in [0.15, 0.2) is 6.10 Å². The number of aryl methyl sites for hydroxylation is 2. The highest BCUT2D eigenvalue weighted by Crippen LogP contribution is 2.29. The Morgan fingerprint density at radius 1 is 1.21 bits per heavy atom. The van der Waals surface area contributed by atoms with Gasteiger partial charge in [-0.15, -0.1) is 11.3 Å². The highest BCUT2D eigenvalue weighted by Gasteiger charge is 2.32. The van der Waals surface area contributed by atoms with Gasteiger partial charge in [-0.2, -0.15) is 0 Å². The zero-order chi connectivity index (χ0) is 20.7. The summed E-state index contributed by atoms with van der Waals surface area (Å²) in [5.74, 6) is -0.507. The van der Waals surface area contributed by atoms with Gasteiger partial charge >= 0.3 is 12.0 Å². The van der Waals surface area contributed by atoms with Gasteiger partial charge in [-0.25, -0.2) is 14.6 Å². The summed E-state index contributed by atoms with van der Waals surface area (Å²) in [6.07, 6.45) is 2.61. The van der Waals surface area contributed by atoms with Gasteiger partial charge in [0.05, 0.1) is 5.39 Å². The summed E-state index contributed by atoms with van der Waals surface area (Å²) < 4.78 is 7.03. The van der Waals surface area contributed by atoms with Crippen LogP contribution >= 0.6 is 11.3 Å². The van der Waals surface area contributed by atoms with E-state index in [1.807, 2.05) is 0 Å². The summed E-state index contributed by atoms with van der Waals surface area (Å²) in [5, 5.41) is 2.97. The number of imide groups is 1. The molecule has 1 N–H and O–H groups in total. The number of aromatic nitrogens is 2. The second-order valence-electron chi connectivity index (χ2n) is 7.30. The number of fused-ring (bicyclic) bond motifs is 2. The first kappa shape index (κ1) is 19.6. The van der Waals surface area contributed by atoms with Gasteiger partial charge in [0.25, 0.3) is 11.5 Å². The van der Waals surface area contributed by atoms with E-state index in [4.69, 9.17) is 4.74 Å². The summed E-state index contributed by atoms with van der Waals surface area (Å²) in [6.45, 7) is 4.39. The van der Waals surface area contributed by atoms with E-state index in [0.29, 0.717) is 28.9 Å². The van der Waals surface area contributed by atoms with E-state index >= 15 is 0 Å². The van der Waals surface area contributed by atoms with Crippen LogP contribution in [0.15, 0.2) is 4.79 Å². The Morgan fingerprint density at radius 3 is 2.72 bits per heavy atom. The number of hydrogen-bond acceptors (Lipinski definition) is 7. The van der Waals surface area contributed by atoms with Gasteiger partial charge in [-0.05, 0) is 32.3 Å². The Morgan fingerprint density at radius 2 is 2.00 bits per heavy atom. The minimum Gasteiger partial charge on any atom is -0.448 e. The predicted octanol–water partition coefficient (Wildman–Crippen LogP) is 1.59. The van der Waals surface area contributed by atoms with Crippen LogP contribution in [0.2, 0.25) is 0 Å². The quantitative estimate of drug-likeness (QED) is 0.758. The van der Waals surface area contributed by atoms with Crippen molar-refractivity contribution in [2.75, 3.05) is 13.1 Å². The van der Waals surface area contributed by atoms with Gasteiger partial charge in [0.2, 0.25) is 0 Å². The second-order valence-corrected chi connectivity index (χ2v) is 8.30. The number of carbonyl (C=O) groups excluding carboxylic acids is 3. The van der Waals surface area contributed by atoms with Crippen LogP contribution in [0, 0.1) is 6.92 Å². The molecule has 2 aliphatic rings. The van der Waals surface area contributed by atoms with E-state index in [2.05, 4.69) is 10.3 Å². The average molecular weight is 418 g/mol. The van der Waals surface area contributed by atoms with Crippen molar-refractivity contribution < 1.29 is 19.1 Å². The van der Waals surface area contributed by atoms with Crippen LogP contribution in [0.1, 0.15) is 47.2 Å². The molecule has 0 aliphatic carbocycles. The lowest BCUT2D eigenvalue weighted by Gasteiger charge is -2.17. The lowest BCUT2D eigenvalue weighted by atomic mass is 10.2. The van der Waals surface area contributed by atoms with Crippen molar-refractivity contribution in [1.82, 2.24) is 19.8 Å². The molecule has 4 heterocycles. The molecule has 0 radical (unpaired) electrons. The van der Waals surface area contributed by atoms with Gasteiger partial charge in [0.1, 0.15) is 15.5 Å². The third kappa shape index (κ3) is 3.41. The van der Waals surface area contributed by atoms with Crippen LogP contribution in [0.5, 0.6) is 0 Å². The number of thiophene rings is 1. The molecule has 2 aromatic rings. The summed E-state index contributed by atoms with van der Waals surface area (Å²) in [7, 11) is 0. The maximum Gasteiger partial charge on any atom is 0.349 e. The maximum atomic E-state index is 13.0. The molecule has 1 fully saturated rings. The van der Waals surface area contributed by atoms with Crippen LogP contribution in [0.4, 0.5) is 4.79 Å². The Balaban J connectivity index is 1.62. The summed E-state index contributed by atoms with van der Waals surface area (Å²) in [6, 6.07) is -0.491. The SMILES string of the molecule is Cc1c(C(=O)O[C@H](C)C(=O)N2CCNC2=O)sc2nc3n(c(=O)c12)CCCCC3. The molecule has 2 aromatic heterocycles. The van der Waals surface area contributed by atoms with Crippen LogP contribution in [0.25, 0.3) is 10.2 Å². The molecule has 154 valence electrons. The fourth-order valence-electron chi connectivity index (χ4n) is 3.77. The van der Waals surface area contributed by atoms with E-state index in [1.165, 1.54) is 6.92 Å². The third-order valence-corrected chi connectivity index (χ3v) is 6.52. The number of esters is 1. The normalized spacial score (nSPS) is 17.6. The molecule has 0 unspecified atom stereocenters. The molecule has 1 saturated heterocycles. The number of carbonyl (C=O) groups is 3. The Labute approximate surface area is 170 Å². The van der Waals surface area contributed by atoms with Crippen molar-refractivity contribution in [2.24, 2.45) is 0 Å². The predicted molar refractivity (Wildman–Crippen MR) is 106 cm³/mol. The summed E-state index contributed by atoms with van der Waals surface area (Å²) in [5.41, 5.74) is 0.392. The first-order valence-electron chi connectivity index (χ1n) is 9.71. The molecule has 4 rings (SSSR count). The highest BCUT2D eigenvalue weighted by molar-refractivity contribution is 7.20. The Bertz CT molecular complexity index is 1070. The summed E-state index contributed by atoms with van der Waals surface area (Å²) in [4.78, 5) is 56.2. The number of nitrogens with one attached hydrogen (secondary N) is 1. The molecule has 1 atom stereocenters. The first-order chi connectivity index (χ1) is 13.9. The molecule has 3 amide bonds. The zero-order valence-corrected chi connectivity index (χ0v) is 17.1. The van der Waals surface area contributed by atoms with Crippen LogP contribution in [0.3, 0.4) is 0 Å². The van der Waals surface area contributed by atoms with E-state index in [1.54, 1.807) is 11.5 Å². The standard InChI is InChI=1S/C19H22N4O5S/c1-10-13-15(21-12-6-4-3-5-8-22(12)17(13)25)29-14(10)18(26)28-11(2)16(24)23-9-7-20-19(23)27/h11H,3-9H2,1-2H3,(H,20,27)/t11-/m1/s1. The number of urea groups is 1. The molecule has 10 heteroatoms. The molecule has 0 bridgehead atoms. The van der Waals surface area contributed by atoms with E-state index in [-0.39, 0.29) is 17.0 Å². The van der Waals surface area contributed by atoms with Crippen LogP contribution < -0.4 is 10.9 Å². The zero-order valence-electron chi connectivity index (χ0n) is 16.3. The van der Waals surface area contributed by atoms with Crippen molar-refractivity contribution in [3.05, 3.63) is 26.6 Å². The summed E-state index contributed by atoms with van der Waals surface area (Å²) >= 11 is 1.11. The largest absolute Gasteiger partial charge is 0.448 e. The lowest BCUT2D eigenvalue weighted by Crippen LogP contribution is -2.41. The molecule has 0 saturated carbocycles. The van der Waals surface area contributed by atoms with Crippen molar-refractivity contribution in [3.8, 4) is 0 Å². The molecular formula is C19H22N4O5S. The van der Waals surface area contributed by atoms with Crippen molar-refractivity contribution in [1.29, 1.82) is 0 Å². The Kier molecular flexibility index (Phi) is 5.12. The minimum atomic E-state index is -1.11.